The fourth-order valence-corrected chi connectivity index (χ4v) is 4.55. The molecule has 1 N–H and O–H groups in total. The van der Waals surface area contributed by atoms with Crippen molar-refractivity contribution < 1.29 is 23.9 Å². The Morgan fingerprint density at radius 1 is 0.974 bits per heavy atom. The van der Waals surface area contributed by atoms with Crippen LogP contribution in [0.3, 0.4) is 0 Å². The summed E-state index contributed by atoms with van der Waals surface area (Å²) in [6.45, 7) is 6.03. The zero-order valence-electron chi connectivity index (χ0n) is 21.3. The summed E-state index contributed by atoms with van der Waals surface area (Å²) in [6.07, 6.45) is 4.75. The van der Waals surface area contributed by atoms with Crippen molar-refractivity contribution in [3.8, 4) is 5.75 Å². The van der Waals surface area contributed by atoms with Gasteiger partial charge < -0.3 is 24.5 Å². The quantitative estimate of drug-likeness (QED) is 0.488. The highest BCUT2D eigenvalue weighted by Crippen LogP contribution is 2.21. The molecule has 0 bridgehead atoms. The summed E-state index contributed by atoms with van der Waals surface area (Å²) in [5, 5.41) is 6.93. The number of piperidine rings is 1. The fraction of sp³-hybridized carbons (Fsp3) is 0.393. The number of ether oxygens (including phenoxy) is 2. The van der Waals surface area contributed by atoms with Crippen molar-refractivity contribution in [2.75, 3.05) is 51.3 Å². The second-order valence-corrected chi connectivity index (χ2v) is 9.57. The number of carbonyl (C=O) groups excluding carboxylic acids is 2. The Morgan fingerprint density at radius 3 is 2.39 bits per heavy atom. The van der Waals surface area contributed by atoms with E-state index >= 15 is 0 Å². The predicted molar refractivity (Wildman–Crippen MR) is 141 cm³/mol. The minimum Gasteiger partial charge on any atom is -0.410 e. The van der Waals surface area contributed by atoms with Gasteiger partial charge in [0.2, 0.25) is 0 Å². The van der Waals surface area contributed by atoms with Gasteiger partial charge in [-0.3, -0.25) is 9.69 Å². The van der Waals surface area contributed by atoms with E-state index in [1.807, 2.05) is 30.3 Å². The van der Waals surface area contributed by atoms with Crippen molar-refractivity contribution in [1.82, 2.24) is 19.7 Å². The summed E-state index contributed by atoms with van der Waals surface area (Å²) in [5.74, 6) is 0.615. The maximum absolute atomic E-state index is 12.7. The van der Waals surface area contributed by atoms with Gasteiger partial charge in [0.05, 0.1) is 25.6 Å². The van der Waals surface area contributed by atoms with E-state index < -0.39 is 0 Å². The van der Waals surface area contributed by atoms with Crippen molar-refractivity contribution in [3.63, 3.8) is 0 Å². The molecule has 200 valence electrons. The highest BCUT2D eigenvalue weighted by molar-refractivity contribution is 6.04. The molecule has 10 heteroatoms. The third-order valence-electron chi connectivity index (χ3n) is 6.84. The Labute approximate surface area is 222 Å². The first-order valence-corrected chi connectivity index (χ1v) is 13.0. The fourth-order valence-electron chi connectivity index (χ4n) is 4.55. The third-order valence-corrected chi connectivity index (χ3v) is 6.84. The predicted octanol–water partition coefficient (Wildman–Crippen LogP) is 3.31. The first-order valence-electron chi connectivity index (χ1n) is 13.0. The number of nitrogens with one attached hydrogen (secondary N) is 1. The molecule has 0 atom stereocenters. The number of hydrogen-bond donors (Lipinski definition) is 1. The lowest BCUT2D eigenvalue weighted by molar-refractivity contribution is 0.0342. The summed E-state index contributed by atoms with van der Waals surface area (Å²) in [4.78, 5) is 36.4. The maximum Gasteiger partial charge on any atom is 0.415 e. The van der Waals surface area contributed by atoms with Gasteiger partial charge in [-0.25, -0.2) is 4.79 Å². The molecule has 0 aliphatic carbocycles. The molecule has 2 aromatic carbocycles. The lowest BCUT2D eigenvalue weighted by atomic mass is 9.98. The SMILES string of the molecule is O=C(Nc1ccc(OC(=O)N2CCC(COn3cccn3)CC2)cc1)c1ccc(CN2CCOCC2)cc1. The number of benzene rings is 2. The normalized spacial score (nSPS) is 16.7. The van der Waals surface area contributed by atoms with Gasteiger partial charge in [0, 0.05) is 44.0 Å². The molecule has 2 fully saturated rings. The Bertz CT molecular complexity index is 1170. The molecule has 3 heterocycles. The van der Waals surface area contributed by atoms with Crippen LogP contribution < -0.4 is 14.9 Å². The van der Waals surface area contributed by atoms with E-state index in [0.29, 0.717) is 42.6 Å². The molecule has 0 unspecified atom stereocenters. The van der Waals surface area contributed by atoms with Gasteiger partial charge in [-0.15, -0.1) is 9.94 Å². The Balaban J connectivity index is 1.05. The van der Waals surface area contributed by atoms with Crippen LogP contribution in [-0.2, 0) is 11.3 Å². The lowest BCUT2D eigenvalue weighted by Gasteiger charge is -2.30. The summed E-state index contributed by atoms with van der Waals surface area (Å²) in [7, 11) is 0. The summed E-state index contributed by atoms with van der Waals surface area (Å²) in [5.41, 5.74) is 2.39. The molecule has 0 radical (unpaired) electrons. The highest BCUT2D eigenvalue weighted by Gasteiger charge is 2.25. The molecule has 2 saturated heterocycles. The second-order valence-electron chi connectivity index (χ2n) is 9.57. The number of morpholine rings is 1. The topological polar surface area (TPSA) is 98.2 Å². The average Bonchev–Trinajstić information content (AvgIpc) is 3.48. The lowest BCUT2D eigenvalue weighted by Crippen LogP contribution is -2.41. The van der Waals surface area contributed by atoms with E-state index in [9.17, 15) is 9.59 Å². The van der Waals surface area contributed by atoms with Gasteiger partial charge in [0.1, 0.15) is 12.4 Å². The molecule has 10 nitrogen and oxygen atoms in total. The maximum atomic E-state index is 12.7. The summed E-state index contributed by atoms with van der Waals surface area (Å²) in [6, 6.07) is 16.3. The van der Waals surface area contributed by atoms with Crippen LogP contribution in [0.15, 0.2) is 67.0 Å². The number of amides is 2. The van der Waals surface area contributed by atoms with Gasteiger partial charge in [0.15, 0.2) is 0 Å². The van der Waals surface area contributed by atoms with E-state index in [1.54, 1.807) is 41.6 Å². The number of carbonyl (C=O) groups is 2. The van der Waals surface area contributed by atoms with E-state index in [1.165, 1.54) is 10.4 Å². The van der Waals surface area contributed by atoms with Gasteiger partial charge in [0.25, 0.3) is 5.91 Å². The average molecular weight is 520 g/mol. The number of likely N-dealkylation sites (tertiary alicyclic amines) is 1. The van der Waals surface area contributed by atoms with Crippen LogP contribution >= 0.6 is 0 Å². The van der Waals surface area contributed by atoms with E-state index in [-0.39, 0.29) is 12.0 Å². The first kappa shape index (κ1) is 25.7. The van der Waals surface area contributed by atoms with Crippen molar-refractivity contribution in [2.24, 2.45) is 5.92 Å². The van der Waals surface area contributed by atoms with E-state index in [2.05, 4.69) is 15.3 Å². The van der Waals surface area contributed by atoms with Gasteiger partial charge in [-0.2, -0.15) is 0 Å². The number of rotatable bonds is 8. The van der Waals surface area contributed by atoms with Crippen LogP contribution in [0.5, 0.6) is 5.75 Å². The molecule has 2 amide bonds. The van der Waals surface area contributed by atoms with E-state index in [4.69, 9.17) is 14.3 Å². The molecular weight excluding hydrogens is 486 g/mol. The van der Waals surface area contributed by atoms with Crippen molar-refractivity contribution in [3.05, 3.63) is 78.1 Å². The monoisotopic (exact) mass is 519 g/mol. The van der Waals surface area contributed by atoms with Crippen LogP contribution in [0.1, 0.15) is 28.8 Å². The van der Waals surface area contributed by atoms with Crippen LogP contribution in [-0.4, -0.2) is 77.7 Å². The van der Waals surface area contributed by atoms with Crippen LogP contribution in [0.4, 0.5) is 10.5 Å². The Hall–Kier alpha value is -3.89. The van der Waals surface area contributed by atoms with Gasteiger partial charge >= 0.3 is 6.09 Å². The molecular formula is C28H33N5O5. The molecule has 5 rings (SSSR count). The molecule has 1 aromatic heterocycles. The van der Waals surface area contributed by atoms with Crippen LogP contribution in [0.25, 0.3) is 0 Å². The molecule has 2 aliphatic rings. The Kier molecular flexibility index (Phi) is 8.52. The molecule has 0 spiro atoms. The number of anilines is 1. The largest absolute Gasteiger partial charge is 0.415 e. The highest BCUT2D eigenvalue weighted by atomic mass is 16.7. The second kappa shape index (κ2) is 12.6. The van der Waals surface area contributed by atoms with Gasteiger partial charge in [-0.05, 0) is 66.8 Å². The number of nitrogens with zero attached hydrogens (tertiary/aromatic N) is 4. The van der Waals surface area contributed by atoms with Crippen LogP contribution in [0.2, 0.25) is 0 Å². The van der Waals surface area contributed by atoms with Gasteiger partial charge in [-0.1, -0.05) is 12.1 Å². The van der Waals surface area contributed by atoms with Crippen molar-refractivity contribution >= 4 is 17.7 Å². The first-order chi connectivity index (χ1) is 18.6. The van der Waals surface area contributed by atoms with Crippen molar-refractivity contribution in [1.29, 1.82) is 0 Å². The summed E-state index contributed by atoms with van der Waals surface area (Å²) >= 11 is 0. The summed E-state index contributed by atoms with van der Waals surface area (Å²) < 4.78 is 10.9. The smallest absolute Gasteiger partial charge is 0.410 e. The number of aromatic nitrogens is 2. The zero-order valence-corrected chi connectivity index (χ0v) is 21.3. The Morgan fingerprint density at radius 2 is 1.71 bits per heavy atom. The standard InChI is InChI=1S/C28H33N5O5/c34-27(24-4-2-22(3-5-24)20-31-16-18-36-19-17-31)30-25-6-8-26(9-7-25)38-28(35)32-14-10-23(11-15-32)21-37-33-13-1-12-29-33/h1-9,12-13,23H,10-11,14-21H2,(H,30,34). The van der Waals surface area contributed by atoms with Crippen molar-refractivity contribution in [2.45, 2.75) is 19.4 Å². The molecule has 0 saturated carbocycles. The molecule has 2 aliphatic heterocycles. The zero-order chi connectivity index (χ0) is 26.2. The molecule has 3 aromatic rings. The van der Waals surface area contributed by atoms with Crippen LogP contribution in [0, 0.1) is 5.92 Å². The molecule has 38 heavy (non-hydrogen) atoms. The number of hydrogen-bond acceptors (Lipinski definition) is 7. The van der Waals surface area contributed by atoms with E-state index in [0.717, 1.165) is 45.7 Å². The minimum atomic E-state index is -0.370. The third kappa shape index (κ3) is 7.11. The minimum absolute atomic E-state index is 0.188.